The van der Waals surface area contributed by atoms with Crippen molar-refractivity contribution in [1.29, 1.82) is 0 Å². The zero-order valence-corrected chi connectivity index (χ0v) is 29.5. The smallest absolute Gasteiger partial charge is 0.182 e. The van der Waals surface area contributed by atoms with Crippen molar-refractivity contribution in [3.05, 3.63) is 22.3 Å². The Kier molecular flexibility index (Phi) is 7.38. The molecule has 5 aliphatic heterocycles. The molecule has 3 saturated heterocycles. The molecule has 46 heavy (non-hydrogen) atoms. The normalized spacial score (nSPS) is 51.0. The Balaban J connectivity index is 1.24. The van der Waals surface area contributed by atoms with Gasteiger partial charge in [0.1, 0.15) is 0 Å². The Morgan fingerprint density at radius 1 is 0.522 bits per heavy atom. The lowest BCUT2D eigenvalue weighted by Crippen LogP contribution is -2.57. The van der Waals surface area contributed by atoms with Gasteiger partial charge >= 0.3 is 0 Å². The predicted molar refractivity (Wildman–Crippen MR) is 176 cm³/mol. The van der Waals surface area contributed by atoms with Gasteiger partial charge in [-0.25, -0.2) is 0 Å². The van der Waals surface area contributed by atoms with E-state index < -0.39 is 0 Å². The molecule has 5 fully saturated rings. The van der Waals surface area contributed by atoms with Gasteiger partial charge < -0.3 is 28.4 Å². The fourth-order valence-corrected chi connectivity index (χ4v) is 14.1. The molecule has 9 aliphatic rings. The predicted octanol–water partition coefficient (Wildman–Crippen LogP) is 8.14. The molecule has 5 heterocycles. The Hall–Kier alpha value is -0.760. The van der Waals surface area contributed by atoms with E-state index in [1.54, 1.807) is 11.1 Å². The summed E-state index contributed by atoms with van der Waals surface area (Å²) in [5.41, 5.74) is 6.25. The average Bonchev–Trinajstić information content (AvgIpc) is 3.21. The summed E-state index contributed by atoms with van der Waals surface area (Å²) >= 11 is 0. The summed E-state index contributed by atoms with van der Waals surface area (Å²) in [6, 6.07) is 0. The van der Waals surface area contributed by atoms with E-state index in [2.05, 4.69) is 41.5 Å². The van der Waals surface area contributed by atoms with Crippen LogP contribution in [0.4, 0.5) is 0 Å². The molecule has 0 amide bonds. The van der Waals surface area contributed by atoms with Gasteiger partial charge in [-0.05, 0) is 110 Å². The first-order valence-electron chi connectivity index (χ1n) is 19.2. The molecule has 0 aromatic rings. The molecule has 0 aromatic heterocycles. The summed E-state index contributed by atoms with van der Waals surface area (Å²) < 4.78 is 42.9. The lowest BCUT2D eigenvalue weighted by molar-refractivity contribution is -0.218. The molecular weight excluding hydrogens is 576 g/mol. The zero-order chi connectivity index (χ0) is 31.6. The van der Waals surface area contributed by atoms with Gasteiger partial charge in [-0.15, -0.1) is 0 Å². The maximum Gasteiger partial charge on any atom is 0.182 e. The Morgan fingerprint density at radius 3 is 1.39 bits per heavy atom. The highest BCUT2D eigenvalue weighted by atomic mass is 16.7. The molecule has 6 heteroatoms. The van der Waals surface area contributed by atoms with E-state index in [9.17, 15) is 0 Å². The monoisotopic (exact) mass is 636 g/mol. The molecule has 4 aliphatic carbocycles. The molecule has 256 valence electrons. The number of fused-ring (bicyclic) bond motifs is 10. The SMILES string of the molecule is CC1(C)CCC[C@]2(C)[C@H]3CCC4=C5[C@@H](OCC4)O[C@@H]4CO[C@H]6C7=C(CCO[C@H]7O[C@H](CO[C@@H]53)[C@@H]12)CC[C@@H]6[C@@]1(C)CCCC(C)(C)[C@H]41. The quantitative estimate of drug-likeness (QED) is 0.250. The van der Waals surface area contributed by atoms with Crippen molar-refractivity contribution >= 4 is 0 Å². The highest BCUT2D eigenvalue weighted by Crippen LogP contribution is 2.65. The fourth-order valence-electron chi connectivity index (χ4n) is 14.1. The third-order valence-electron chi connectivity index (χ3n) is 15.6. The molecular formula is C40H60O6. The second-order valence-electron chi connectivity index (χ2n) is 18.8. The first kappa shape index (κ1) is 31.2. The maximum atomic E-state index is 7.47. The molecule has 6 nitrogen and oxygen atoms in total. The standard InChI is InChI=1S/C40H60O6/c1-37(2)15-7-17-39(5)25-11-9-23-14-20-42-36-29(23)31(25)43-21-27(33(37)39)45-35-30-24(13-19-41-35)10-12-26-32(30)44-22-28(46-36)34-38(3,4)16-8-18-40(26,34)6/h25-28,31-36H,7-22H2,1-6H3/t25-,26-,27+,28+,31+,32+,33-,34-,35-,36-,39+,40+/m0/s1. The van der Waals surface area contributed by atoms with Crippen molar-refractivity contribution in [2.24, 2.45) is 45.3 Å². The summed E-state index contributed by atoms with van der Waals surface area (Å²) in [4.78, 5) is 0. The number of ether oxygens (including phenoxy) is 6. The van der Waals surface area contributed by atoms with Gasteiger partial charge in [0.15, 0.2) is 12.6 Å². The highest BCUT2D eigenvalue weighted by molar-refractivity contribution is 5.32. The van der Waals surface area contributed by atoms with Crippen LogP contribution in [0.3, 0.4) is 0 Å². The van der Waals surface area contributed by atoms with Crippen LogP contribution in [-0.4, -0.2) is 63.4 Å². The van der Waals surface area contributed by atoms with Crippen LogP contribution in [0.15, 0.2) is 22.3 Å². The fraction of sp³-hybridized carbons (Fsp3) is 0.900. The third-order valence-corrected chi connectivity index (χ3v) is 15.6. The van der Waals surface area contributed by atoms with Crippen molar-refractivity contribution < 1.29 is 28.4 Å². The van der Waals surface area contributed by atoms with E-state index in [0.717, 1.165) is 38.9 Å². The summed E-state index contributed by atoms with van der Waals surface area (Å²) in [5.74, 6) is 1.62. The first-order chi connectivity index (χ1) is 22.0. The largest absolute Gasteiger partial charge is 0.371 e. The van der Waals surface area contributed by atoms with Crippen molar-refractivity contribution in [2.75, 3.05) is 26.4 Å². The Bertz CT molecular complexity index is 1200. The highest BCUT2D eigenvalue weighted by Gasteiger charge is 2.63. The van der Waals surface area contributed by atoms with Gasteiger partial charge in [0.25, 0.3) is 0 Å². The summed E-state index contributed by atoms with van der Waals surface area (Å²) in [6.07, 6.45) is 13.3. The molecule has 0 radical (unpaired) electrons. The Labute approximate surface area is 277 Å². The minimum atomic E-state index is -0.355. The molecule has 12 atom stereocenters. The van der Waals surface area contributed by atoms with Crippen molar-refractivity contribution in [2.45, 2.75) is 156 Å². The van der Waals surface area contributed by atoms with E-state index in [0.29, 0.717) is 36.9 Å². The van der Waals surface area contributed by atoms with Crippen LogP contribution < -0.4 is 0 Å². The topological polar surface area (TPSA) is 55.4 Å². The van der Waals surface area contributed by atoms with Crippen LogP contribution in [0, 0.1) is 45.3 Å². The number of hydrogen-bond acceptors (Lipinski definition) is 6. The van der Waals surface area contributed by atoms with Crippen LogP contribution in [0.5, 0.6) is 0 Å². The lowest BCUT2D eigenvalue weighted by Gasteiger charge is -2.58. The van der Waals surface area contributed by atoms with Gasteiger partial charge in [-0.3, -0.25) is 0 Å². The Morgan fingerprint density at radius 2 is 0.957 bits per heavy atom. The van der Waals surface area contributed by atoms with Crippen molar-refractivity contribution in [3.63, 3.8) is 0 Å². The minimum Gasteiger partial charge on any atom is -0.371 e. The third kappa shape index (κ3) is 4.48. The second kappa shape index (κ2) is 10.9. The minimum absolute atomic E-state index is 0.0125. The molecule has 0 spiro atoms. The maximum absolute atomic E-state index is 7.47. The second-order valence-corrected chi connectivity index (χ2v) is 18.8. The van der Waals surface area contributed by atoms with E-state index >= 15 is 0 Å². The van der Waals surface area contributed by atoms with Gasteiger partial charge in [-0.1, -0.05) is 65.5 Å². The van der Waals surface area contributed by atoms with Crippen LogP contribution in [-0.2, 0) is 28.4 Å². The van der Waals surface area contributed by atoms with E-state index in [4.69, 9.17) is 28.4 Å². The van der Waals surface area contributed by atoms with E-state index in [-0.39, 0.29) is 58.7 Å². The molecule has 0 N–H and O–H groups in total. The zero-order valence-electron chi connectivity index (χ0n) is 29.5. The van der Waals surface area contributed by atoms with Crippen molar-refractivity contribution in [1.82, 2.24) is 0 Å². The van der Waals surface area contributed by atoms with Gasteiger partial charge in [-0.2, -0.15) is 0 Å². The molecule has 4 bridgehead atoms. The van der Waals surface area contributed by atoms with Gasteiger partial charge in [0, 0.05) is 11.1 Å². The van der Waals surface area contributed by atoms with Crippen LogP contribution in [0.2, 0.25) is 0 Å². The van der Waals surface area contributed by atoms with Gasteiger partial charge in [0.2, 0.25) is 0 Å². The van der Waals surface area contributed by atoms with Gasteiger partial charge in [0.05, 0.1) is 50.8 Å². The van der Waals surface area contributed by atoms with Crippen LogP contribution in [0.1, 0.15) is 119 Å². The van der Waals surface area contributed by atoms with Crippen LogP contribution in [0.25, 0.3) is 0 Å². The molecule has 0 unspecified atom stereocenters. The first-order valence-corrected chi connectivity index (χ1v) is 19.2. The summed E-state index contributed by atoms with van der Waals surface area (Å²) in [6.45, 7) is 17.9. The average molecular weight is 637 g/mol. The number of rotatable bonds is 0. The molecule has 0 aromatic carbocycles. The van der Waals surface area contributed by atoms with Crippen molar-refractivity contribution in [3.8, 4) is 0 Å². The summed E-state index contributed by atoms with van der Waals surface area (Å²) in [7, 11) is 0. The van der Waals surface area contributed by atoms with Crippen LogP contribution >= 0.6 is 0 Å². The molecule has 2 saturated carbocycles. The lowest BCUT2D eigenvalue weighted by atomic mass is 9.48. The van der Waals surface area contributed by atoms with E-state index in [1.165, 1.54) is 62.5 Å². The molecule has 9 rings (SSSR count). The number of hydrogen-bond donors (Lipinski definition) is 0. The summed E-state index contributed by atoms with van der Waals surface area (Å²) in [5, 5.41) is 0. The van der Waals surface area contributed by atoms with E-state index in [1.807, 2.05) is 0 Å².